The smallest absolute Gasteiger partial charge is 0.220 e. The van der Waals surface area contributed by atoms with E-state index < -0.39 is 12.1 Å². The number of hydrogen-bond donors (Lipinski definition) is 3. The Hall–Kier alpha value is -1.39. The second-order valence-electron chi connectivity index (χ2n) is 13.3. The van der Waals surface area contributed by atoms with Gasteiger partial charge in [-0.25, -0.2) is 0 Å². The fourth-order valence-electron chi connectivity index (χ4n) is 5.80. The summed E-state index contributed by atoms with van der Waals surface area (Å²) in [5.74, 6) is -0.0840. The van der Waals surface area contributed by atoms with Crippen LogP contribution in [0.3, 0.4) is 0 Å². The van der Waals surface area contributed by atoms with Gasteiger partial charge in [-0.2, -0.15) is 0 Å². The van der Waals surface area contributed by atoms with Crippen LogP contribution in [0.1, 0.15) is 200 Å². The highest BCUT2D eigenvalue weighted by Crippen LogP contribution is 2.14. The van der Waals surface area contributed by atoms with Crippen LogP contribution in [-0.4, -0.2) is 34.9 Å². The summed E-state index contributed by atoms with van der Waals surface area (Å²) >= 11 is 0. The summed E-state index contributed by atoms with van der Waals surface area (Å²) in [6, 6.07) is -0.639. The largest absolute Gasteiger partial charge is 0.394 e. The number of aliphatic hydroxyl groups is 2. The van der Waals surface area contributed by atoms with Crippen LogP contribution >= 0.6 is 0 Å². The first kappa shape index (κ1) is 43.6. The van der Waals surface area contributed by atoms with E-state index in [0.717, 1.165) is 38.5 Å². The molecule has 0 aliphatic carbocycles. The molecule has 0 saturated heterocycles. The maximum atomic E-state index is 12.2. The van der Waals surface area contributed by atoms with E-state index in [0.29, 0.717) is 6.42 Å². The quantitative estimate of drug-likeness (QED) is 0.0481. The van der Waals surface area contributed by atoms with Crippen molar-refractivity contribution in [3.8, 4) is 0 Å². The zero-order valence-corrected chi connectivity index (χ0v) is 30.1. The van der Waals surface area contributed by atoms with Crippen LogP contribution in [0.5, 0.6) is 0 Å². The van der Waals surface area contributed by atoms with E-state index in [4.69, 9.17) is 0 Å². The van der Waals surface area contributed by atoms with Crippen molar-refractivity contribution in [2.75, 3.05) is 6.61 Å². The van der Waals surface area contributed by atoms with Crippen LogP contribution < -0.4 is 5.32 Å². The fourth-order valence-corrected chi connectivity index (χ4v) is 5.80. The van der Waals surface area contributed by atoms with Gasteiger partial charge in [-0.15, -0.1) is 0 Å². The molecule has 0 saturated carbocycles. The first-order valence-electron chi connectivity index (χ1n) is 19.7. The van der Waals surface area contributed by atoms with Gasteiger partial charge >= 0.3 is 0 Å². The molecule has 4 heteroatoms. The average Bonchev–Trinajstić information content (AvgIpc) is 3.04. The van der Waals surface area contributed by atoms with Gasteiger partial charge in [0.15, 0.2) is 0 Å². The van der Waals surface area contributed by atoms with Gasteiger partial charge in [-0.05, 0) is 44.9 Å². The number of amides is 1. The molecule has 2 atom stereocenters. The van der Waals surface area contributed by atoms with Crippen molar-refractivity contribution in [2.45, 2.75) is 212 Å². The minimum Gasteiger partial charge on any atom is -0.394 e. The molecule has 0 aliphatic rings. The Balaban J connectivity index is 3.60. The van der Waals surface area contributed by atoms with Gasteiger partial charge in [0.1, 0.15) is 0 Å². The zero-order valence-electron chi connectivity index (χ0n) is 30.1. The molecule has 0 aromatic carbocycles. The Morgan fingerprint density at radius 3 is 1.29 bits per heavy atom. The lowest BCUT2D eigenvalue weighted by atomic mass is 10.0. The van der Waals surface area contributed by atoms with E-state index in [9.17, 15) is 15.0 Å². The molecule has 45 heavy (non-hydrogen) atoms. The number of carbonyl (C=O) groups is 1. The first-order chi connectivity index (χ1) is 22.2. The van der Waals surface area contributed by atoms with Gasteiger partial charge in [0, 0.05) is 6.42 Å². The predicted octanol–water partition coefficient (Wildman–Crippen LogP) is 11.8. The minimum atomic E-state index is -0.865. The Morgan fingerprint density at radius 2 is 0.867 bits per heavy atom. The van der Waals surface area contributed by atoms with Crippen molar-refractivity contribution in [1.29, 1.82) is 0 Å². The van der Waals surface area contributed by atoms with Crippen molar-refractivity contribution >= 4 is 5.91 Å². The lowest BCUT2D eigenvalue weighted by Crippen LogP contribution is -2.45. The molecular formula is C41H77NO3. The summed E-state index contributed by atoms with van der Waals surface area (Å²) in [6.07, 6.45) is 48.3. The number of hydrogen-bond acceptors (Lipinski definition) is 3. The molecule has 4 nitrogen and oxygen atoms in total. The van der Waals surface area contributed by atoms with Gasteiger partial charge in [0.25, 0.3) is 0 Å². The second-order valence-corrected chi connectivity index (χ2v) is 13.3. The van der Waals surface area contributed by atoms with Crippen molar-refractivity contribution in [3.05, 3.63) is 36.5 Å². The topological polar surface area (TPSA) is 69.6 Å². The summed E-state index contributed by atoms with van der Waals surface area (Å²) in [7, 11) is 0. The number of aliphatic hydroxyl groups excluding tert-OH is 2. The highest BCUT2D eigenvalue weighted by atomic mass is 16.3. The van der Waals surface area contributed by atoms with E-state index in [1.807, 2.05) is 6.08 Å². The Morgan fingerprint density at radius 1 is 0.511 bits per heavy atom. The summed E-state index contributed by atoms with van der Waals surface area (Å²) in [5.41, 5.74) is 0. The summed E-state index contributed by atoms with van der Waals surface area (Å²) < 4.78 is 0. The van der Waals surface area contributed by atoms with Crippen LogP contribution in [0, 0.1) is 0 Å². The average molecular weight is 632 g/mol. The lowest BCUT2D eigenvalue weighted by Gasteiger charge is -2.19. The Bertz CT molecular complexity index is 686. The highest BCUT2D eigenvalue weighted by molar-refractivity contribution is 5.76. The van der Waals surface area contributed by atoms with Gasteiger partial charge in [-0.3, -0.25) is 4.79 Å². The summed E-state index contributed by atoms with van der Waals surface area (Å²) in [6.45, 7) is 4.25. The van der Waals surface area contributed by atoms with Gasteiger partial charge in [0.05, 0.1) is 18.8 Å². The molecule has 0 rings (SSSR count). The SMILES string of the molecule is CCCCCCCCCCCCCCCCC/C=C/CC/C=C/CC/C=C/C(O)C(CO)NC(=O)CCCCCCCCCC. The molecule has 0 aliphatic heterocycles. The molecule has 2 unspecified atom stereocenters. The third kappa shape index (κ3) is 33.8. The van der Waals surface area contributed by atoms with Crippen LogP contribution in [0.2, 0.25) is 0 Å². The van der Waals surface area contributed by atoms with Gasteiger partial charge in [-0.1, -0.05) is 185 Å². The Kier molecular flexibility index (Phi) is 35.9. The van der Waals surface area contributed by atoms with Crippen molar-refractivity contribution in [3.63, 3.8) is 0 Å². The van der Waals surface area contributed by atoms with Crippen molar-refractivity contribution in [1.82, 2.24) is 5.32 Å². The van der Waals surface area contributed by atoms with E-state index in [1.165, 1.54) is 141 Å². The van der Waals surface area contributed by atoms with Crippen LogP contribution in [0.4, 0.5) is 0 Å². The molecule has 3 N–H and O–H groups in total. The normalized spacial score (nSPS) is 13.4. The molecule has 0 fully saturated rings. The number of unbranched alkanes of at least 4 members (excludes halogenated alkanes) is 24. The number of carbonyl (C=O) groups excluding carboxylic acids is 1. The van der Waals surface area contributed by atoms with Crippen molar-refractivity contribution in [2.24, 2.45) is 0 Å². The predicted molar refractivity (Wildman–Crippen MR) is 198 cm³/mol. The molecular weight excluding hydrogens is 554 g/mol. The fraction of sp³-hybridized carbons (Fsp3) is 0.829. The third-order valence-corrected chi connectivity index (χ3v) is 8.85. The molecule has 0 bridgehead atoms. The highest BCUT2D eigenvalue weighted by Gasteiger charge is 2.17. The first-order valence-corrected chi connectivity index (χ1v) is 19.7. The maximum absolute atomic E-state index is 12.2. The molecule has 0 heterocycles. The minimum absolute atomic E-state index is 0.0840. The number of rotatable bonds is 35. The van der Waals surface area contributed by atoms with E-state index in [1.54, 1.807) is 6.08 Å². The second kappa shape index (κ2) is 37.1. The third-order valence-electron chi connectivity index (χ3n) is 8.85. The standard InChI is InChI=1S/C41H77NO3/c1-3-5-7-9-11-13-14-15-16-17-18-19-20-21-22-23-24-25-26-27-28-29-30-32-34-36-40(44)39(38-43)42-41(45)37-35-33-31-12-10-8-6-4-2/h24-25,28-29,34,36,39-40,43-44H,3-23,26-27,30-33,35,37-38H2,1-2H3,(H,42,45)/b25-24+,29-28+,36-34+. The van der Waals surface area contributed by atoms with Crippen molar-refractivity contribution < 1.29 is 15.0 Å². The van der Waals surface area contributed by atoms with E-state index in [-0.39, 0.29) is 12.5 Å². The Labute approximate surface area is 281 Å². The number of nitrogens with one attached hydrogen (secondary N) is 1. The van der Waals surface area contributed by atoms with Gasteiger partial charge in [0.2, 0.25) is 5.91 Å². The van der Waals surface area contributed by atoms with Crippen LogP contribution in [0.15, 0.2) is 36.5 Å². The zero-order chi connectivity index (χ0) is 32.9. The van der Waals surface area contributed by atoms with Crippen LogP contribution in [-0.2, 0) is 4.79 Å². The molecule has 0 aromatic heterocycles. The maximum Gasteiger partial charge on any atom is 0.220 e. The van der Waals surface area contributed by atoms with E-state index >= 15 is 0 Å². The molecule has 0 aromatic rings. The van der Waals surface area contributed by atoms with Crippen LogP contribution in [0.25, 0.3) is 0 Å². The monoisotopic (exact) mass is 632 g/mol. The molecule has 1 amide bonds. The number of allylic oxidation sites excluding steroid dienone is 5. The molecule has 0 radical (unpaired) electrons. The molecule has 0 spiro atoms. The molecule has 264 valence electrons. The van der Waals surface area contributed by atoms with Gasteiger partial charge < -0.3 is 15.5 Å². The van der Waals surface area contributed by atoms with E-state index in [2.05, 4.69) is 43.5 Å². The summed E-state index contributed by atoms with van der Waals surface area (Å²) in [4.78, 5) is 12.2. The summed E-state index contributed by atoms with van der Waals surface area (Å²) in [5, 5.41) is 22.8. The lowest BCUT2D eigenvalue weighted by molar-refractivity contribution is -0.123.